The number of hydrogen-bond donors (Lipinski definition) is 3. The number of nitriles is 1. The van der Waals surface area contributed by atoms with Crippen LogP contribution in [-0.4, -0.2) is 72.5 Å². The molecule has 0 aliphatic heterocycles. The van der Waals surface area contributed by atoms with E-state index in [1.807, 2.05) is 6.07 Å². The summed E-state index contributed by atoms with van der Waals surface area (Å²) in [6.07, 6.45) is 1.34. The quantitative estimate of drug-likeness (QED) is 0.139. The number of hydrogen-bond acceptors (Lipinski definition) is 11. The number of nitrogens with two attached hydrogens (primary N) is 1. The zero-order valence-electron chi connectivity index (χ0n) is 25.7. The lowest BCUT2D eigenvalue weighted by Crippen LogP contribution is -2.28. The topological polar surface area (TPSA) is 187 Å². The van der Waals surface area contributed by atoms with Crippen molar-refractivity contribution in [3.8, 4) is 34.9 Å². The highest BCUT2D eigenvalue weighted by atomic mass is 16.5. The number of nitrogen functional groups attached to an aromatic ring is 1. The van der Waals surface area contributed by atoms with Gasteiger partial charge in [0.2, 0.25) is 0 Å². The Morgan fingerprint density at radius 1 is 0.938 bits per heavy atom. The summed E-state index contributed by atoms with van der Waals surface area (Å²) in [5.41, 5.74) is 9.62. The van der Waals surface area contributed by atoms with Crippen molar-refractivity contribution in [1.82, 2.24) is 29.3 Å². The van der Waals surface area contributed by atoms with Gasteiger partial charge in [0.25, 0.3) is 5.56 Å². The van der Waals surface area contributed by atoms with Crippen molar-refractivity contribution in [2.75, 3.05) is 38.8 Å². The predicted octanol–water partition coefficient (Wildman–Crippen LogP) is 2.84. The van der Waals surface area contributed by atoms with Crippen molar-refractivity contribution in [2.45, 2.75) is 13.1 Å². The first kappa shape index (κ1) is 31.8. The van der Waals surface area contributed by atoms with Gasteiger partial charge in [0, 0.05) is 11.1 Å². The van der Waals surface area contributed by atoms with Crippen LogP contribution in [0.3, 0.4) is 0 Å². The number of aromatic nitrogens is 6. The van der Waals surface area contributed by atoms with Crippen molar-refractivity contribution in [2.24, 2.45) is 0 Å². The molecule has 4 N–H and O–H groups in total. The number of aromatic hydroxyl groups is 1. The van der Waals surface area contributed by atoms with Crippen molar-refractivity contribution in [3.63, 3.8) is 0 Å². The van der Waals surface area contributed by atoms with Crippen LogP contribution >= 0.6 is 0 Å². The van der Waals surface area contributed by atoms with E-state index in [1.165, 1.54) is 6.33 Å². The third-order valence-corrected chi connectivity index (χ3v) is 7.43. The lowest BCUT2D eigenvalue weighted by molar-refractivity contribution is 0.0424. The van der Waals surface area contributed by atoms with Crippen LogP contribution in [0.1, 0.15) is 22.5 Å². The number of aliphatic hydroxyl groups is 1. The number of fused-ring (bicyclic) bond motifs is 2. The third kappa shape index (κ3) is 6.84. The molecule has 0 atom stereocenters. The molecule has 0 unspecified atom stereocenters. The minimum atomic E-state index is -0.320. The minimum absolute atomic E-state index is 0.0387. The lowest BCUT2D eigenvalue weighted by Gasteiger charge is -2.15. The predicted molar refractivity (Wildman–Crippen MR) is 178 cm³/mol. The van der Waals surface area contributed by atoms with Crippen LogP contribution in [-0.2, 0) is 22.6 Å². The summed E-state index contributed by atoms with van der Waals surface area (Å²) in [7, 11) is 0. The molecule has 13 heteroatoms. The molecule has 0 aliphatic rings. The number of anilines is 1. The average Bonchev–Trinajstić information content (AvgIpc) is 3.47. The Kier molecular flexibility index (Phi) is 9.64. The molecule has 0 saturated heterocycles. The summed E-state index contributed by atoms with van der Waals surface area (Å²) in [6.45, 7) is 1.12. The second kappa shape index (κ2) is 14.5. The number of nitrogens with zero attached hydrogens (tertiary/aromatic N) is 7. The van der Waals surface area contributed by atoms with Crippen molar-refractivity contribution in [1.29, 1.82) is 5.26 Å². The molecule has 6 aromatic rings. The van der Waals surface area contributed by atoms with Gasteiger partial charge in [-0.3, -0.25) is 9.36 Å². The first-order valence-corrected chi connectivity index (χ1v) is 15.0. The Bertz CT molecular complexity index is 2280. The number of aliphatic hydroxyl groups excluding tert-OH is 1. The van der Waals surface area contributed by atoms with Crippen LogP contribution in [0.15, 0.2) is 77.9 Å². The molecule has 0 aliphatic carbocycles. The molecule has 0 spiro atoms. The van der Waals surface area contributed by atoms with E-state index in [2.05, 4.69) is 27.9 Å². The maximum Gasteiger partial charge on any atom is 0.263 e. The van der Waals surface area contributed by atoms with E-state index >= 15 is 0 Å². The molecule has 0 fully saturated rings. The molecule has 0 bridgehead atoms. The van der Waals surface area contributed by atoms with Crippen LogP contribution in [0.2, 0.25) is 0 Å². The Hall–Kier alpha value is -6.12. The second-order valence-corrected chi connectivity index (χ2v) is 10.6. The minimum Gasteiger partial charge on any atom is -0.508 e. The van der Waals surface area contributed by atoms with Crippen LogP contribution in [0.25, 0.3) is 33.2 Å². The van der Waals surface area contributed by atoms with Gasteiger partial charge < -0.3 is 25.4 Å². The molecule has 13 nitrogen and oxygen atoms in total. The Labute approximate surface area is 274 Å². The number of rotatable bonds is 11. The molecule has 3 aromatic heterocycles. The molecule has 240 valence electrons. The normalized spacial score (nSPS) is 11.0. The zero-order valence-corrected chi connectivity index (χ0v) is 25.7. The van der Waals surface area contributed by atoms with Gasteiger partial charge in [-0.15, -0.1) is 0 Å². The molecular weight excluding hydrogens is 612 g/mol. The summed E-state index contributed by atoms with van der Waals surface area (Å²) in [5, 5.41) is 34.1. The van der Waals surface area contributed by atoms with Crippen molar-refractivity contribution >= 4 is 27.8 Å². The largest absolute Gasteiger partial charge is 0.508 e. The lowest BCUT2D eigenvalue weighted by atomic mass is 10.1. The molecule has 48 heavy (non-hydrogen) atoms. The van der Waals surface area contributed by atoms with Crippen molar-refractivity contribution in [3.05, 3.63) is 106 Å². The molecule has 0 radical (unpaired) electrons. The molecular formula is C35H30N8O5. The number of benzene rings is 3. The van der Waals surface area contributed by atoms with Crippen LogP contribution in [0, 0.1) is 23.2 Å². The summed E-state index contributed by atoms with van der Waals surface area (Å²) in [6, 6.07) is 21.1. The third-order valence-electron chi connectivity index (χ3n) is 7.43. The van der Waals surface area contributed by atoms with Gasteiger partial charge >= 0.3 is 0 Å². The standard InChI is InChI=1S/C35H30N8O5/c36-19-23-5-1-6-24(17-23)20-42-29(21-43-34-31(33(37)38-22-39-34)32(41-43)26-8-2-10-27(45)18-26)40-28-11-3-7-25(30(28)35(42)46)9-4-13-47-15-16-48-14-12-44/h1-3,5-8,10-11,17-18,22,44-45H,12-16,20-21H2,(H2,37,38,39). The highest BCUT2D eigenvalue weighted by Crippen LogP contribution is 2.32. The Balaban J connectivity index is 1.44. The van der Waals surface area contributed by atoms with Crippen LogP contribution < -0.4 is 11.3 Å². The molecule has 3 heterocycles. The molecule has 0 amide bonds. The monoisotopic (exact) mass is 642 g/mol. The van der Waals surface area contributed by atoms with Gasteiger partial charge in [-0.1, -0.05) is 42.2 Å². The van der Waals surface area contributed by atoms with E-state index in [1.54, 1.807) is 69.9 Å². The zero-order chi connectivity index (χ0) is 33.5. The highest BCUT2D eigenvalue weighted by molar-refractivity contribution is 5.98. The fourth-order valence-electron chi connectivity index (χ4n) is 5.29. The van der Waals surface area contributed by atoms with Gasteiger partial charge in [-0.2, -0.15) is 10.4 Å². The molecule has 3 aromatic carbocycles. The average molecular weight is 643 g/mol. The van der Waals surface area contributed by atoms with Gasteiger partial charge in [0.15, 0.2) is 5.65 Å². The second-order valence-electron chi connectivity index (χ2n) is 10.6. The van der Waals surface area contributed by atoms with Gasteiger partial charge in [-0.05, 0) is 42.0 Å². The summed E-state index contributed by atoms with van der Waals surface area (Å²) in [5.74, 6) is 6.66. The van der Waals surface area contributed by atoms with Crippen LogP contribution in [0.4, 0.5) is 5.82 Å². The smallest absolute Gasteiger partial charge is 0.263 e. The SMILES string of the molecule is N#Cc1cccc(Cn2c(Cn3nc(-c4cccc(O)c4)c4c(N)ncnc43)nc3cccc(C#CCOCCOCCO)c3c2=O)c1. The summed E-state index contributed by atoms with van der Waals surface area (Å²) < 4.78 is 13.8. The molecule has 6 rings (SSSR count). The van der Waals surface area contributed by atoms with Gasteiger partial charge in [-0.25, -0.2) is 19.6 Å². The number of phenolic OH excluding ortho intramolecular Hbond substituents is 1. The van der Waals surface area contributed by atoms with E-state index in [4.69, 9.17) is 30.4 Å². The van der Waals surface area contributed by atoms with E-state index in [-0.39, 0.29) is 50.0 Å². The maximum absolute atomic E-state index is 14.4. The van der Waals surface area contributed by atoms with E-state index in [9.17, 15) is 15.2 Å². The summed E-state index contributed by atoms with van der Waals surface area (Å²) in [4.78, 5) is 27.9. The first-order chi connectivity index (χ1) is 23.5. The van der Waals surface area contributed by atoms with E-state index in [0.717, 1.165) is 5.56 Å². The van der Waals surface area contributed by atoms with Gasteiger partial charge in [0.05, 0.1) is 60.9 Å². The van der Waals surface area contributed by atoms with Crippen LogP contribution in [0.5, 0.6) is 5.75 Å². The highest BCUT2D eigenvalue weighted by Gasteiger charge is 2.21. The first-order valence-electron chi connectivity index (χ1n) is 15.0. The van der Waals surface area contributed by atoms with E-state index < -0.39 is 0 Å². The van der Waals surface area contributed by atoms with E-state index in [0.29, 0.717) is 63.4 Å². The number of phenols is 1. The van der Waals surface area contributed by atoms with Crippen molar-refractivity contribution < 1.29 is 19.7 Å². The number of ether oxygens (including phenoxy) is 2. The Morgan fingerprint density at radius 3 is 2.60 bits per heavy atom. The fourth-order valence-corrected chi connectivity index (χ4v) is 5.29. The Morgan fingerprint density at radius 2 is 1.77 bits per heavy atom. The maximum atomic E-state index is 14.4. The molecule has 0 saturated carbocycles. The van der Waals surface area contributed by atoms with Gasteiger partial charge in [0.1, 0.15) is 42.6 Å². The summed E-state index contributed by atoms with van der Waals surface area (Å²) >= 11 is 0. The fraction of sp³-hybridized carbons (Fsp3) is 0.200.